The van der Waals surface area contributed by atoms with Crippen LogP contribution in [0.5, 0.6) is 5.75 Å². The number of ether oxygens (including phenoxy) is 1. The molecular formula is C23H23F4NO. The minimum absolute atomic E-state index is 0.00372. The van der Waals surface area contributed by atoms with E-state index < -0.39 is 29.2 Å². The van der Waals surface area contributed by atoms with E-state index in [1.807, 2.05) is 0 Å². The Kier molecular flexibility index (Phi) is 6.46. The number of hydrogen-bond acceptors (Lipinski definition) is 2. The zero-order valence-corrected chi connectivity index (χ0v) is 16.2. The topological polar surface area (TPSA) is 33.0 Å². The molecule has 0 heterocycles. The second kappa shape index (κ2) is 8.86. The van der Waals surface area contributed by atoms with Gasteiger partial charge >= 0.3 is 6.11 Å². The Bertz CT molecular complexity index is 858. The van der Waals surface area contributed by atoms with Crippen molar-refractivity contribution in [2.45, 2.75) is 51.6 Å². The Morgan fingerprint density at radius 3 is 2.10 bits per heavy atom. The molecule has 0 spiro atoms. The number of alkyl halides is 2. The monoisotopic (exact) mass is 405 g/mol. The summed E-state index contributed by atoms with van der Waals surface area (Å²) in [4.78, 5) is 0. The van der Waals surface area contributed by atoms with Crippen LogP contribution in [0.25, 0.3) is 11.1 Å². The van der Waals surface area contributed by atoms with E-state index in [1.165, 1.54) is 30.3 Å². The van der Waals surface area contributed by atoms with E-state index in [2.05, 4.69) is 6.92 Å². The molecule has 1 fully saturated rings. The average molecular weight is 405 g/mol. The van der Waals surface area contributed by atoms with Crippen LogP contribution in [0.3, 0.4) is 0 Å². The molecule has 6 heteroatoms. The lowest BCUT2D eigenvalue weighted by molar-refractivity contribution is -0.223. The van der Waals surface area contributed by atoms with Crippen LogP contribution < -0.4 is 4.74 Å². The lowest BCUT2D eigenvalue weighted by atomic mass is 9.79. The van der Waals surface area contributed by atoms with E-state index >= 15 is 0 Å². The third-order valence-corrected chi connectivity index (χ3v) is 5.61. The maximum atomic E-state index is 14.6. The van der Waals surface area contributed by atoms with Crippen LogP contribution in [0, 0.1) is 34.8 Å². The van der Waals surface area contributed by atoms with Crippen molar-refractivity contribution in [3.8, 4) is 22.9 Å². The molecule has 0 bridgehead atoms. The summed E-state index contributed by atoms with van der Waals surface area (Å²) >= 11 is 0. The number of nitrogens with zero attached hydrogens (tertiary/aromatic N) is 1. The quantitative estimate of drug-likeness (QED) is 0.481. The van der Waals surface area contributed by atoms with Crippen molar-refractivity contribution in [3.05, 3.63) is 53.6 Å². The van der Waals surface area contributed by atoms with Gasteiger partial charge in [-0.2, -0.15) is 14.0 Å². The molecule has 2 aromatic carbocycles. The zero-order valence-electron chi connectivity index (χ0n) is 16.2. The molecule has 154 valence electrons. The first-order valence-corrected chi connectivity index (χ1v) is 9.90. The lowest BCUT2D eigenvalue weighted by Gasteiger charge is -2.33. The van der Waals surface area contributed by atoms with Crippen LogP contribution in [-0.4, -0.2) is 6.11 Å². The van der Waals surface area contributed by atoms with Gasteiger partial charge in [0.05, 0.1) is 5.92 Å². The van der Waals surface area contributed by atoms with E-state index in [9.17, 15) is 17.6 Å². The summed E-state index contributed by atoms with van der Waals surface area (Å²) in [6.07, 6.45) is 1.38. The Morgan fingerprint density at radius 1 is 1.00 bits per heavy atom. The van der Waals surface area contributed by atoms with E-state index in [-0.39, 0.29) is 11.3 Å². The van der Waals surface area contributed by atoms with Crippen LogP contribution in [0.2, 0.25) is 0 Å². The highest BCUT2D eigenvalue weighted by molar-refractivity contribution is 5.65. The Hall–Kier alpha value is -2.55. The first-order valence-electron chi connectivity index (χ1n) is 9.90. The summed E-state index contributed by atoms with van der Waals surface area (Å²) in [6.45, 7) is 2.11. The number of halogens is 4. The van der Waals surface area contributed by atoms with Crippen molar-refractivity contribution in [2.24, 2.45) is 11.8 Å². The largest absolute Gasteiger partial charge is 0.432 e. The maximum Gasteiger partial charge on any atom is 0.400 e. The highest BCUT2D eigenvalue weighted by Gasteiger charge is 2.43. The van der Waals surface area contributed by atoms with Crippen LogP contribution in [0.15, 0.2) is 36.4 Å². The smallest absolute Gasteiger partial charge is 0.400 e. The summed E-state index contributed by atoms with van der Waals surface area (Å²) < 4.78 is 61.7. The van der Waals surface area contributed by atoms with Gasteiger partial charge in [-0.15, -0.1) is 0 Å². The first kappa shape index (κ1) is 21.2. The van der Waals surface area contributed by atoms with Gasteiger partial charge in [-0.1, -0.05) is 31.9 Å². The van der Waals surface area contributed by atoms with Gasteiger partial charge in [0.1, 0.15) is 29.0 Å². The molecule has 0 radical (unpaired) electrons. The van der Waals surface area contributed by atoms with E-state index in [1.54, 1.807) is 0 Å². The molecule has 3 rings (SSSR count). The molecular weight excluding hydrogens is 382 g/mol. The number of rotatable bonds is 6. The average Bonchev–Trinajstić information content (AvgIpc) is 2.69. The first-order chi connectivity index (χ1) is 13.8. The van der Waals surface area contributed by atoms with Gasteiger partial charge in [0, 0.05) is 0 Å². The predicted molar refractivity (Wildman–Crippen MR) is 102 cm³/mol. The van der Waals surface area contributed by atoms with Gasteiger partial charge in [-0.25, -0.2) is 8.78 Å². The molecule has 0 saturated heterocycles. The van der Waals surface area contributed by atoms with Crippen molar-refractivity contribution >= 4 is 0 Å². The normalized spacial score (nSPS) is 19.6. The Balaban J connectivity index is 1.68. The fraction of sp³-hybridized carbons (Fsp3) is 0.435. The molecule has 2 nitrogen and oxygen atoms in total. The summed E-state index contributed by atoms with van der Waals surface area (Å²) in [5, 5.41) is 8.74. The Morgan fingerprint density at radius 2 is 1.59 bits per heavy atom. The zero-order chi connectivity index (χ0) is 21.0. The van der Waals surface area contributed by atoms with Crippen molar-refractivity contribution < 1.29 is 22.3 Å². The van der Waals surface area contributed by atoms with Crippen LogP contribution in [-0.2, 0) is 0 Å². The van der Waals surface area contributed by atoms with Crippen LogP contribution in [0.4, 0.5) is 17.6 Å². The van der Waals surface area contributed by atoms with Crippen molar-refractivity contribution in [1.82, 2.24) is 0 Å². The highest BCUT2D eigenvalue weighted by atomic mass is 19.3. The van der Waals surface area contributed by atoms with Gasteiger partial charge in [-0.3, -0.25) is 0 Å². The standard InChI is InChI=1S/C23H23F4NO/c1-2-3-15-4-8-18(9-5-15)23(26,27)29-19-10-6-16(7-11-19)17-12-21(24)20(14-28)22(25)13-17/h6-7,10-13,15,18H,2-5,8-9H2,1H3. The van der Waals surface area contributed by atoms with E-state index in [4.69, 9.17) is 10.00 Å². The van der Waals surface area contributed by atoms with Crippen LogP contribution in [0.1, 0.15) is 51.0 Å². The van der Waals surface area contributed by atoms with Gasteiger partial charge in [-0.05, 0) is 67.0 Å². The van der Waals surface area contributed by atoms with Gasteiger partial charge in [0.15, 0.2) is 0 Å². The second-order valence-corrected chi connectivity index (χ2v) is 7.62. The third kappa shape index (κ3) is 4.90. The van der Waals surface area contributed by atoms with Crippen molar-refractivity contribution in [3.63, 3.8) is 0 Å². The van der Waals surface area contributed by atoms with Gasteiger partial charge < -0.3 is 4.74 Å². The molecule has 1 aliphatic rings. The molecule has 0 aromatic heterocycles. The predicted octanol–water partition coefficient (Wildman–Crippen LogP) is 7.08. The van der Waals surface area contributed by atoms with E-state index in [0.717, 1.165) is 37.8 Å². The molecule has 0 atom stereocenters. The molecule has 0 N–H and O–H groups in total. The molecule has 1 aliphatic carbocycles. The molecule has 1 saturated carbocycles. The second-order valence-electron chi connectivity index (χ2n) is 7.62. The highest BCUT2D eigenvalue weighted by Crippen LogP contribution is 2.41. The van der Waals surface area contributed by atoms with Gasteiger partial charge in [0.2, 0.25) is 0 Å². The Labute approximate surface area is 168 Å². The summed E-state index contributed by atoms with van der Waals surface area (Å²) in [7, 11) is 0. The molecule has 0 amide bonds. The minimum Gasteiger partial charge on any atom is -0.432 e. The SMILES string of the molecule is CCCC1CCC(C(F)(F)Oc2ccc(-c3cc(F)c(C#N)c(F)c3)cc2)CC1. The number of nitriles is 1. The van der Waals surface area contributed by atoms with Gasteiger partial charge in [0.25, 0.3) is 0 Å². The van der Waals surface area contributed by atoms with Crippen molar-refractivity contribution in [2.75, 3.05) is 0 Å². The van der Waals surface area contributed by atoms with E-state index in [0.29, 0.717) is 24.3 Å². The van der Waals surface area contributed by atoms with Crippen LogP contribution >= 0.6 is 0 Å². The molecule has 2 aromatic rings. The summed E-state index contributed by atoms with van der Waals surface area (Å²) in [5.74, 6) is -2.21. The summed E-state index contributed by atoms with van der Waals surface area (Å²) in [5.41, 5.74) is -0.00316. The molecule has 29 heavy (non-hydrogen) atoms. The fourth-order valence-electron chi connectivity index (χ4n) is 4.00. The van der Waals surface area contributed by atoms with Crippen molar-refractivity contribution in [1.29, 1.82) is 5.26 Å². The molecule has 0 unspecified atom stereocenters. The molecule has 0 aliphatic heterocycles. The number of hydrogen-bond donors (Lipinski definition) is 0. The lowest BCUT2D eigenvalue weighted by Crippen LogP contribution is -2.37. The fourth-order valence-corrected chi connectivity index (χ4v) is 4.00. The number of benzene rings is 2. The summed E-state index contributed by atoms with van der Waals surface area (Å²) in [6, 6.07) is 9.20. The minimum atomic E-state index is -3.26. The maximum absolute atomic E-state index is 14.6. The third-order valence-electron chi connectivity index (χ3n) is 5.61.